The zero-order valence-corrected chi connectivity index (χ0v) is 23.7. The van der Waals surface area contributed by atoms with Gasteiger partial charge >= 0.3 is 25.8 Å². The first-order chi connectivity index (χ1) is 13.5. The minimum atomic E-state index is -0.990. The molecule has 0 saturated heterocycles. The first-order valence-corrected chi connectivity index (χ1v) is 9.16. The van der Waals surface area contributed by atoms with Crippen LogP contribution >= 0.6 is 0 Å². The number of benzene rings is 1. The number of pyridine rings is 2. The fourth-order valence-electron chi connectivity index (χ4n) is 2.93. The Labute approximate surface area is 224 Å². The molecule has 3 heterocycles. The summed E-state index contributed by atoms with van der Waals surface area (Å²) in [5.74, 6) is 0.560. The zero-order chi connectivity index (χ0) is 20.7. The fourth-order valence-corrected chi connectivity index (χ4v) is 2.93. The van der Waals surface area contributed by atoms with E-state index >= 15 is 0 Å². The van der Waals surface area contributed by atoms with Crippen LogP contribution in [0.25, 0.3) is 11.3 Å². The molecule has 0 bridgehead atoms. The Hall–Kier alpha value is -1.47. The van der Waals surface area contributed by atoms with E-state index in [4.69, 9.17) is 5.11 Å². The third-order valence-electron chi connectivity index (χ3n) is 4.35. The molecule has 30 heavy (non-hydrogen) atoms. The predicted octanol–water partition coefficient (Wildman–Crippen LogP) is 4.51. The summed E-state index contributed by atoms with van der Waals surface area (Å²) in [6, 6.07) is 17.7. The van der Waals surface area contributed by atoms with E-state index in [0.717, 1.165) is 16.8 Å². The largest absolute Gasteiger partial charge is 2.00 e. The molecule has 5 nitrogen and oxygen atoms in total. The Kier molecular flexibility index (Phi) is 13.1. The van der Waals surface area contributed by atoms with Crippen LogP contribution in [-0.2, 0) is 19.8 Å². The van der Waals surface area contributed by atoms with Crippen molar-refractivity contribution in [2.24, 2.45) is 0 Å². The number of carboxylic acid groups (broad SMARTS) is 1. The normalized spacial score (nSPS) is 10.4. The third kappa shape index (κ3) is 6.51. The maximum atomic E-state index is 10.1. The number of rotatable bonds is 1. The second-order valence-corrected chi connectivity index (χ2v) is 5.89. The molecule has 0 unspecified atom stereocenters. The SMILES string of the molecule is CC.C[C-]1c2cccc(O)c2-c2cccc[n+]2[C-]1C.O=C(O)c1ccccn1.[Os+2].[Pr]. The zero-order valence-electron chi connectivity index (χ0n) is 17.5. The number of carboxylic acids is 1. The van der Waals surface area contributed by atoms with Crippen LogP contribution in [0.1, 0.15) is 43.7 Å². The fraction of sp³-hybridized carbons (Fsp3) is 0.174. The number of hydrogen-bond acceptors (Lipinski definition) is 3. The van der Waals surface area contributed by atoms with Crippen LogP contribution in [0.3, 0.4) is 0 Å². The summed E-state index contributed by atoms with van der Waals surface area (Å²) < 4.78 is 2.12. The topological polar surface area (TPSA) is 74.3 Å². The van der Waals surface area contributed by atoms with Crippen LogP contribution in [0.5, 0.6) is 5.75 Å². The van der Waals surface area contributed by atoms with E-state index in [0.29, 0.717) is 5.75 Å². The van der Waals surface area contributed by atoms with Crippen molar-refractivity contribution < 1.29 is 80.7 Å². The van der Waals surface area contributed by atoms with E-state index in [1.54, 1.807) is 18.2 Å². The van der Waals surface area contributed by atoms with Gasteiger partial charge in [0.1, 0.15) is 5.69 Å². The van der Waals surface area contributed by atoms with E-state index in [1.807, 2.05) is 44.3 Å². The van der Waals surface area contributed by atoms with Crippen LogP contribution in [0.2, 0.25) is 0 Å². The predicted molar refractivity (Wildman–Crippen MR) is 109 cm³/mol. The number of nitrogens with zero attached hydrogens (tertiary/aromatic N) is 2. The average Bonchev–Trinajstić information content (AvgIpc) is 2.74. The molecular formula is C23H25N2O3OsPr+. The number of carbonyl (C=O) groups is 1. The van der Waals surface area contributed by atoms with E-state index < -0.39 is 5.97 Å². The van der Waals surface area contributed by atoms with Gasteiger partial charge in [-0.15, -0.1) is 12.0 Å². The number of aromatic nitrogens is 2. The Bertz CT molecular complexity index is 939. The number of aromatic hydroxyl groups is 1. The summed E-state index contributed by atoms with van der Waals surface area (Å²) in [5, 5.41) is 18.4. The van der Waals surface area contributed by atoms with Crippen molar-refractivity contribution in [3.63, 3.8) is 0 Å². The van der Waals surface area contributed by atoms with Gasteiger partial charge in [0.05, 0.1) is 17.6 Å². The Morgan fingerprint density at radius 3 is 2.23 bits per heavy atom. The molecular weight excluding hydrogens is 683 g/mol. The van der Waals surface area contributed by atoms with Crippen LogP contribution in [0, 0.1) is 53.3 Å². The first kappa shape index (κ1) is 28.5. The number of phenolic OH excluding ortho intramolecular Hbond substituents is 1. The average molecular weight is 709 g/mol. The molecule has 3 aromatic rings. The molecule has 4 rings (SSSR count). The molecule has 2 aromatic heterocycles. The summed E-state index contributed by atoms with van der Waals surface area (Å²) in [5.41, 5.74) is 3.17. The Morgan fingerprint density at radius 2 is 1.67 bits per heavy atom. The molecule has 0 spiro atoms. The minimum Gasteiger partial charge on any atom is -0.521 e. The molecule has 1 aliphatic heterocycles. The van der Waals surface area contributed by atoms with Gasteiger partial charge in [-0.2, -0.15) is 11.6 Å². The summed E-state index contributed by atoms with van der Waals surface area (Å²) in [4.78, 5) is 13.7. The van der Waals surface area contributed by atoms with Crippen LogP contribution in [0.4, 0.5) is 0 Å². The Morgan fingerprint density at radius 1 is 1.00 bits per heavy atom. The standard InChI is InChI=1S/C15H14NO.C6H5NO2.C2H6.Os.Pr/c1-10-11(2)16-9-4-3-7-13(16)15-12(10)6-5-8-14(15)17;8-6(9)5-3-1-2-4-7-5;1-2;;/h3-9,17H,1-2H3;1-4H,(H,8,9);1-2H3;;/q-1;;;+2;. The van der Waals surface area contributed by atoms with Crippen LogP contribution in [-0.4, -0.2) is 21.2 Å². The second kappa shape index (κ2) is 13.8. The van der Waals surface area contributed by atoms with Crippen molar-refractivity contribution >= 4 is 5.97 Å². The second-order valence-electron chi connectivity index (χ2n) is 5.89. The van der Waals surface area contributed by atoms with Gasteiger partial charge in [-0.05, 0) is 25.1 Å². The summed E-state index contributed by atoms with van der Waals surface area (Å²) >= 11 is 0. The van der Waals surface area contributed by atoms with E-state index in [1.165, 1.54) is 24.2 Å². The molecule has 2 N–H and O–H groups in total. The van der Waals surface area contributed by atoms with Gasteiger partial charge in [-0.25, -0.2) is 9.78 Å². The van der Waals surface area contributed by atoms with Gasteiger partial charge in [0, 0.05) is 53.5 Å². The quantitative estimate of drug-likeness (QED) is 0.289. The molecule has 155 valence electrons. The smallest absolute Gasteiger partial charge is 0.521 e. The van der Waals surface area contributed by atoms with Crippen molar-refractivity contribution in [1.29, 1.82) is 0 Å². The van der Waals surface area contributed by atoms with Crippen molar-refractivity contribution in [1.82, 2.24) is 4.98 Å². The molecule has 0 aliphatic carbocycles. The van der Waals surface area contributed by atoms with Gasteiger partial charge in [-0.3, -0.25) is 0 Å². The summed E-state index contributed by atoms with van der Waals surface area (Å²) in [6.07, 6.45) is 3.48. The van der Waals surface area contributed by atoms with Gasteiger partial charge in [0.2, 0.25) is 0 Å². The maximum absolute atomic E-state index is 10.1. The molecule has 0 saturated carbocycles. The molecule has 1 aromatic carbocycles. The summed E-state index contributed by atoms with van der Waals surface area (Å²) in [7, 11) is 0. The van der Waals surface area contributed by atoms with E-state index in [2.05, 4.69) is 29.5 Å². The minimum absolute atomic E-state index is 0. The van der Waals surface area contributed by atoms with Crippen molar-refractivity contribution in [3.05, 3.63) is 90.2 Å². The molecule has 1 radical (unpaired) electrons. The van der Waals surface area contributed by atoms with Gasteiger partial charge in [0.25, 0.3) is 0 Å². The molecule has 7 heteroatoms. The maximum Gasteiger partial charge on any atom is 2.00 e. The monoisotopic (exact) mass is 710 g/mol. The Balaban J connectivity index is 0.000000558. The number of phenols is 1. The van der Waals surface area contributed by atoms with Gasteiger partial charge in [0.15, 0.2) is 0 Å². The van der Waals surface area contributed by atoms with E-state index in [9.17, 15) is 9.90 Å². The number of fused-ring (bicyclic) bond motifs is 3. The van der Waals surface area contributed by atoms with Crippen molar-refractivity contribution in [2.45, 2.75) is 27.7 Å². The molecule has 0 fully saturated rings. The molecule has 0 atom stereocenters. The van der Waals surface area contributed by atoms with Crippen molar-refractivity contribution in [3.8, 4) is 17.0 Å². The first-order valence-electron chi connectivity index (χ1n) is 9.16. The van der Waals surface area contributed by atoms with Crippen LogP contribution in [0.15, 0.2) is 67.0 Å². The van der Waals surface area contributed by atoms with Crippen molar-refractivity contribution in [2.75, 3.05) is 0 Å². The van der Waals surface area contributed by atoms with Crippen LogP contribution < -0.4 is 4.57 Å². The third-order valence-corrected chi connectivity index (χ3v) is 4.35. The molecule has 1 aliphatic rings. The van der Waals surface area contributed by atoms with Gasteiger partial charge < -0.3 is 14.8 Å². The number of hydrogen-bond donors (Lipinski definition) is 2. The van der Waals surface area contributed by atoms with E-state index in [-0.39, 0.29) is 66.8 Å². The molecule has 0 amide bonds. The summed E-state index contributed by atoms with van der Waals surface area (Å²) in [6.45, 7) is 8.20. The van der Waals surface area contributed by atoms with Gasteiger partial charge in [-0.1, -0.05) is 50.6 Å². The number of aromatic carboxylic acids is 1.